The van der Waals surface area contributed by atoms with Crippen molar-refractivity contribution >= 4 is 0 Å². The minimum atomic E-state index is -4.89. The molecule has 5 rings (SSSR count). The van der Waals surface area contributed by atoms with E-state index in [1.54, 1.807) is 18.3 Å². The summed E-state index contributed by atoms with van der Waals surface area (Å²) in [5.74, 6) is 0. The molecule has 1 aromatic heterocycles. The first-order valence-electron chi connectivity index (χ1n) is 11.6. The van der Waals surface area contributed by atoms with Crippen LogP contribution < -0.4 is 0 Å². The summed E-state index contributed by atoms with van der Waals surface area (Å²) in [5.41, 5.74) is 3.01. The average Bonchev–Trinajstić information content (AvgIpc) is 2.93. The van der Waals surface area contributed by atoms with Crippen LogP contribution in [0.1, 0.15) is 11.1 Å². The summed E-state index contributed by atoms with van der Waals surface area (Å²) in [7, 11) is 0. The predicted molar refractivity (Wildman–Crippen MR) is 136 cm³/mol. The Bertz CT molecular complexity index is 1500. The molecule has 1 heterocycles. The molecule has 1 nitrogen and oxygen atoms in total. The normalized spacial score (nSPS) is 11.9. The number of benzene rings is 4. The van der Waals surface area contributed by atoms with Gasteiger partial charge in [0.2, 0.25) is 0 Å². The topological polar surface area (TPSA) is 12.9 Å². The molecule has 0 aliphatic heterocycles. The Morgan fingerprint density at radius 3 is 1.11 bits per heavy atom. The maximum atomic E-state index is 13.2. The van der Waals surface area contributed by atoms with Crippen molar-refractivity contribution in [2.45, 2.75) is 12.4 Å². The van der Waals surface area contributed by atoms with Crippen LogP contribution in [0.4, 0.5) is 26.3 Å². The van der Waals surface area contributed by atoms with Crippen molar-refractivity contribution in [1.29, 1.82) is 0 Å². The van der Waals surface area contributed by atoms with E-state index in [4.69, 9.17) is 0 Å². The number of alkyl halides is 6. The van der Waals surface area contributed by atoms with E-state index in [1.165, 1.54) is 12.1 Å². The lowest BCUT2D eigenvalue weighted by molar-refractivity contribution is -0.143. The Morgan fingerprint density at radius 1 is 0.395 bits per heavy atom. The van der Waals surface area contributed by atoms with Crippen molar-refractivity contribution < 1.29 is 26.3 Å². The molecule has 0 spiro atoms. The van der Waals surface area contributed by atoms with Gasteiger partial charge in [-0.25, -0.2) is 0 Å². The molecule has 0 amide bonds. The zero-order valence-corrected chi connectivity index (χ0v) is 19.7. The molecule has 7 heteroatoms. The van der Waals surface area contributed by atoms with Gasteiger partial charge in [-0.3, -0.25) is 4.98 Å². The summed E-state index contributed by atoms with van der Waals surface area (Å²) in [6.45, 7) is 0. The molecule has 0 aliphatic rings. The van der Waals surface area contributed by atoms with E-state index in [2.05, 4.69) is 4.98 Å². The van der Waals surface area contributed by atoms with E-state index in [0.717, 1.165) is 45.6 Å². The van der Waals surface area contributed by atoms with Gasteiger partial charge in [0.05, 0.1) is 16.8 Å². The lowest BCUT2D eigenvalue weighted by Crippen LogP contribution is -2.11. The first-order chi connectivity index (χ1) is 18.1. The lowest BCUT2D eigenvalue weighted by Gasteiger charge is -2.14. The van der Waals surface area contributed by atoms with Crippen LogP contribution in [0.2, 0.25) is 0 Å². The van der Waals surface area contributed by atoms with Gasteiger partial charge in [0.1, 0.15) is 0 Å². The summed E-state index contributed by atoms with van der Waals surface area (Å²) < 4.78 is 79.3. The van der Waals surface area contributed by atoms with Gasteiger partial charge in [-0.1, -0.05) is 78.9 Å². The quantitative estimate of drug-likeness (QED) is 0.215. The molecule has 0 fully saturated rings. The van der Waals surface area contributed by atoms with Crippen molar-refractivity contribution in [1.82, 2.24) is 4.98 Å². The second-order valence-corrected chi connectivity index (χ2v) is 8.74. The third-order valence-electron chi connectivity index (χ3n) is 6.20. The van der Waals surface area contributed by atoms with Crippen LogP contribution in [0.3, 0.4) is 0 Å². The minimum Gasteiger partial charge on any atom is -0.256 e. The Kier molecular flexibility index (Phi) is 6.53. The van der Waals surface area contributed by atoms with Gasteiger partial charge in [-0.05, 0) is 63.7 Å². The second-order valence-electron chi connectivity index (χ2n) is 8.74. The standard InChI is InChI=1S/C31H19F6N/c32-30(33,34)27-17-26(18-28(19-27)31(35,36)37)24-10-8-22(9-11-24)20-4-6-21(7-5-20)23-12-14-25(15-13-23)29-3-1-2-16-38-29/h1-19H. The number of pyridine rings is 1. The highest BCUT2D eigenvalue weighted by molar-refractivity contribution is 5.74. The minimum absolute atomic E-state index is 0.130. The monoisotopic (exact) mass is 519 g/mol. The van der Waals surface area contributed by atoms with E-state index >= 15 is 0 Å². The molecule has 0 radical (unpaired) electrons. The Balaban J connectivity index is 1.38. The summed E-state index contributed by atoms with van der Waals surface area (Å²) in [6, 6.07) is 29.5. The number of aromatic nitrogens is 1. The summed E-state index contributed by atoms with van der Waals surface area (Å²) in [4.78, 5) is 4.35. The molecule has 0 unspecified atom stereocenters. The maximum Gasteiger partial charge on any atom is 0.416 e. The number of rotatable bonds is 4. The van der Waals surface area contributed by atoms with Crippen LogP contribution in [0.25, 0.3) is 44.6 Å². The summed E-state index contributed by atoms with van der Waals surface area (Å²) >= 11 is 0. The number of hydrogen-bond donors (Lipinski definition) is 0. The summed E-state index contributed by atoms with van der Waals surface area (Å²) in [5, 5.41) is 0. The van der Waals surface area contributed by atoms with E-state index < -0.39 is 23.5 Å². The predicted octanol–water partition coefficient (Wildman–Crippen LogP) is 9.79. The fourth-order valence-corrected chi connectivity index (χ4v) is 4.20. The van der Waals surface area contributed by atoms with Crippen molar-refractivity contribution in [2.75, 3.05) is 0 Å². The van der Waals surface area contributed by atoms with Crippen LogP contribution >= 0.6 is 0 Å². The molecule has 4 aromatic carbocycles. The van der Waals surface area contributed by atoms with Gasteiger partial charge in [0.25, 0.3) is 0 Å². The fraction of sp³-hybridized carbons (Fsp3) is 0.0645. The highest BCUT2D eigenvalue weighted by atomic mass is 19.4. The van der Waals surface area contributed by atoms with Gasteiger partial charge in [0, 0.05) is 11.8 Å². The van der Waals surface area contributed by atoms with Gasteiger partial charge in [-0.15, -0.1) is 0 Å². The first-order valence-corrected chi connectivity index (χ1v) is 11.6. The van der Waals surface area contributed by atoms with Crippen LogP contribution in [-0.2, 0) is 12.4 Å². The van der Waals surface area contributed by atoms with E-state index in [1.807, 2.05) is 66.7 Å². The number of hydrogen-bond acceptors (Lipinski definition) is 1. The molecule has 0 aliphatic carbocycles. The van der Waals surface area contributed by atoms with Crippen molar-refractivity contribution in [3.8, 4) is 44.6 Å². The van der Waals surface area contributed by atoms with Crippen LogP contribution in [-0.4, -0.2) is 4.98 Å². The lowest BCUT2D eigenvalue weighted by atomic mass is 9.96. The largest absolute Gasteiger partial charge is 0.416 e. The highest BCUT2D eigenvalue weighted by Crippen LogP contribution is 2.39. The average molecular weight is 519 g/mol. The maximum absolute atomic E-state index is 13.2. The van der Waals surface area contributed by atoms with Crippen molar-refractivity contribution in [3.63, 3.8) is 0 Å². The van der Waals surface area contributed by atoms with Crippen LogP contribution in [0.15, 0.2) is 115 Å². The third kappa shape index (κ3) is 5.47. The molecular formula is C31H19F6N. The molecule has 0 bridgehead atoms. The van der Waals surface area contributed by atoms with Gasteiger partial charge < -0.3 is 0 Å². The van der Waals surface area contributed by atoms with Gasteiger partial charge >= 0.3 is 12.4 Å². The Labute approximate surface area is 215 Å². The molecule has 0 atom stereocenters. The summed E-state index contributed by atoms with van der Waals surface area (Å²) in [6.07, 6.45) is -8.04. The highest BCUT2D eigenvalue weighted by Gasteiger charge is 2.37. The molecule has 0 N–H and O–H groups in total. The van der Waals surface area contributed by atoms with Gasteiger partial charge in [0.15, 0.2) is 0 Å². The van der Waals surface area contributed by atoms with Crippen molar-refractivity contribution in [3.05, 3.63) is 127 Å². The SMILES string of the molecule is FC(F)(F)c1cc(-c2ccc(-c3ccc(-c4ccc(-c5ccccn5)cc4)cc3)cc2)cc(C(F)(F)F)c1. The van der Waals surface area contributed by atoms with E-state index in [-0.39, 0.29) is 17.2 Å². The molecular weight excluding hydrogens is 500 g/mol. The van der Waals surface area contributed by atoms with Crippen molar-refractivity contribution in [2.24, 2.45) is 0 Å². The Morgan fingerprint density at radius 2 is 0.763 bits per heavy atom. The van der Waals surface area contributed by atoms with Crippen LogP contribution in [0, 0.1) is 0 Å². The third-order valence-corrected chi connectivity index (χ3v) is 6.20. The molecule has 38 heavy (non-hydrogen) atoms. The smallest absolute Gasteiger partial charge is 0.256 e. The van der Waals surface area contributed by atoms with Crippen LogP contribution in [0.5, 0.6) is 0 Å². The second kappa shape index (κ2) is 9.82. The molecule has 0 saturated heterocycles. The molecule has 0 saturated carbocycles. The fourth-order valence-electron chi connectivity index (χ4n) is 4.20. The van der Waals surface area contributed by atoms with Gasteiger partial charge in [-0.2, -0.15) is 26.3 Å². The zero-order chi connectivity index (χ0) is 26.9. The van der Waals surface area contributed by atoms with E-state index in [0.29, 0.717) is 0 Å². The first kappa shape index (κ1) is 25.3. The number of halogens is 6. The number of nitrogens with zero attached hydrogens (tertiary/aromatic N) is 1. The Hall–Kier alpha value is -4.39. The van der Waals surface area contributed by atoms with E-state index in [9.17, 15) is 26.3 Å². The zero-order valence-electron chi connectivity index (χ0n) is 19.7. The molecule has 5 aromatic rings. The molecule has 190 valence electrons.